The Kier molecular flexibility index (Phi) is 2.76. The highest BCUT2D eigenvalue weighted by molar-refractivity contribution is 5.94. The molecule has 1 aromatic rings. The number of carbonyl (C=O) groups excluding carboxylic acids is 1. The lowest BCUT2D eigenvalue weighted by Crippen LogP contribution is -2.27. The molecule has 0 aliphatic carbocycles. The minimum absolute atomic E-state index is 0.00643. The molecule has 84 valence electrons. The summed E-state index contributed by atoms with van der Waals surface area (Å²) in [6.45, 7) is 1.30. The lowest BCUT2D eigenvalue weighted by Gasteiger charge is -2.14. The molecule has 0 unspecified atom stereocenters. The Hall–Kier alpha value is -2.04. The maximum absolute atomic E-state index is 11.4. The lowest BCUT2D eigenvalue weighted by molar-refractivity contribution is -0.136. The first kappa shape index (κ1) is 10.5. The third-order valence-electron chi connectivity index (χ3n) is 2.46. The summed E-state index contributed by atoms with van der Waals surface area (Å²) in [5, 5.41) is 11.3. The Labute approximate surface area is 92.7 Å². The zero-order valence-corrected chi connectivity index (χ0v) is 8.64. The van der Waals surface area contributed by atoms with Gasteiger partial charge in [0.05, 0.1) is 6.42 Å². The Morgan fingerprint density at radius 2 is 2.06 bits per heavy atom. The molecule has 0 spiro atoms. The molecular formula is C11H12N2O3. The second kappa shape index (κ2) is 4.22. The van der Waals surface area contributed by atoms with Gasteiger partial charge in [0, 0.05) is 18.8 Å². The molecule has 2 amide bonds. The largest absolute Gasteiger partial charge is 0.481 e. The first-order chi connectivity index (χ1) is 7.66. The maximum atomic E-state index is 11.4. The molecule has 5 heteroatoms. The van der Waals surface area contributed by atoms with Gasteiger partial charge in [0.25, 0.3) is 0 Å². The van der Waals surface area contributed by atoms with Crippen LogP contribution in [-0.4, -0.2) is 30.2 Å². The normalized spacial score (nSPS) is 15.0. The summed E-state index contributed by atoms with van der Waals surface area (Å²) < 4.78 is 0. The number of aliphatic carboxylic acids is 1. The third-order valence-corrected chi connectivity index (χ3v) is 2.46. The molecule has 0 radical (unpaired) electrons. The van der Waals surface area contributed by atoms with Gasteiger partial charge in [-0.3, -0.25) is 9.69 Å². The Balaban J connectivity index is 2.12. The molecule has 0 aromatic heterocycles. The van der Waals surface area contributed by atoms with Crippen molar-refractivity contribution in [2.75, 3.05) is 18.0 Å². The predicted molar refractivity (Wildman–Crippen MR) is 58.5 cm³/mol. The number of hydrogen-bond donors (Lipinski definition) is 2. The molecule has 1 saturated heterocycles. The molecule has 1 aliphatic heterocycles. The van der Waals surface area contributed by atoms with Crippen molar-refractivity contribution in [3.63, 3.8) is 0 Å². The molecule has 1 fully saturated rings. The van der Waals surface area contributed by atoms with Crippen LogP contribution in [0.4, 0.5) is 10.5 Å². The molecule has 16 heavy (non-hydrogen) atoms. The van der Waals surface area contributed by atoms with Crippen LogP contribution in [0.25, 0.3) is 0 Å². The molecule has 0 saturated carbocycles. The number of anilines is 1. The van der Waals surface area contributed by atoms with E-state index in [2.05, 4.69) is 5.32 Å². The summed E-state index contributed by atoms with van der Waals surface area (Å²) in [6.07, 6.45) is 0.00643. The van der Waals surface area contributed by atoms with Crippen LogP contribution in [0.2, 0.25) is 0 Å². The Morgan fingerprint density at radius 1 is 1.38 bits per heavy atom. The van der Waals surface area contributed by atoms with Crippen LogP contribution in [0.3, 0.4) is 0 Å². The van der Waals surface area contributed by atoms with Crippen molar-refractivity contribution >= 4 is 17.7 Å². The topological polar surface area (TPSA) is 69.6 Å². The van der Waals surface area contributed by atoms with E-state index in [9.17, 15) is 9.59 Å². The zero-order chi connectivity index (χ0) is 11.5. The highest BCUT2D eigenvalue weighted by atomic mass is 16.4. The van der Waals surface area contributed by atoms with Crippen molar-refractivity contribution in [1.29, 1.82) is 0 Å². The van der Waals surface area contributed by atoms with E-state index in [0.717, 1.165) is 11.3 Å². The predicted octanol–water partition coefficient (Wildman–Crippen LogP) is 0.843. The molecular weight excluding hydrogens is 208 g/mol. The number of carboxylic acid groups (broad SMARTS) is 1. The molecule has 1 aliphatic rings. The molecule has 0 atom stereocenters. The number of benzene rings is 1. The fourth-order valence-corrected chi connectivity index (χ4v) is 1.69. The van der Waals surface area contributed by atoms with E-state index in [1.165, 1.54) is 0 Å². The first-order valence-electron chi connectivity index (χ1n) is 5.03. The quantitative estimate of drug-likeness (QED) is 0.793. The van der Waals surface area contributed by atoms with E-state index in [4.69, 9.17) is 5.11 Å². The highest BCUT2D eigenvalue weighted by Crippen LogP contribution is 2.17. The number of carbonyl (C=O) groups is 2. The minimum atomic E-state index is -0.855. The number of urea groups is 1. The monoisotopic (exact) mass is 220 g/mol. The summed E-state index contributed by atoms with van der Waals surface area (Å²) in [4.78, 5) is 23.5. The fourth-order valence-electron chi connectivity index (χ4n) is 1.69. The smallest absolute Gasteiger partial charge is 0.321 e. The van der Waals surface area contributed by atoms with Crippen LogP contribution in [0.5, 0.6) is 0 Å². The van der Waals surface area contributed by atoms with Crippen LogP contribution in [0.1, 0.15) is 5.56 Å². The summed E-state index contributed by atoms with van der Waals surface area (Å²) in [6, 6.07) is 6.89. The van der Waals surface area contributed by atoms with Crippen molar-refractivity contribution in [3.05, 3.63) is 29.8 Å². The molecule has 5 nitrogen and oxygen atoms in total. The summed E-state index contributed by atoms with van der Waals surface area (Å²) >= 11 is 0. The van der Waals surface area contributed by atoms with E-state index >= 15 is 0 Å². The van der Waals surface area contributed by atoms with Gasteiger partial charge in [0.15, 0.2) is 0 Å². The van der Waals surface area contributed by atoms with E-state index in [1.54, 1.807) is 29.2 Å². The van der Waals surface area contributed by atoms with Gasteiger partial charge in [-0.15, -0.1) is 0 Å². The lowest BCUT2D eigenvalue weighted by atomic mass is 10.1. The standard InChI is InChI=1S/C11H12N2O3/c14-10(15)7-8-1-3-9(4-2-8)13-6-5-12-11(13)16/h1-4H,5-7H2,(H,12,16)(H,14,15). The van der Waals surface area contributed by atoms with E-state index in [0.29, 0.717) is 13.1 Å². The molecule has 0 bridgehead atoms. The minimum Gasteiger partial charge on any atom is -0.481 e. The van der Waals surface area contributed by atoms with Gasteiger partial charge in [0.2, 0.25) is 0 Å². The van der Waals surface area contributed by atoms with Gasteiger partial charge >= 0.3 is 12.0 Å². The summed E-state index contributed by atoms with van der Waals surface area (Å²) in [5.41, 5.74) is 1.53. The van der Waals surface area contributed by atoms with Gasteiger partial charge in [0.1, 0.15) is 0 Å². The maximum Gasteiger partial charge on any atom is 0.321 e. The van der Waals surface area contributed by atoms with Gasteiger partial charge in [-0.2, -0.15) is 0 Å². The van der Waals surface area contributed by atoms with Crippen LogP contribution in [0.15, 0.2) is 24.3 Å². The molecule has 2 rings (SSSR count). The number of rotatable bonds is 3. The first-order valence-corrected chi connectivity index (χ1v) is 5.03. The average molecular weight is 220 g/mol. The van der Waals surface area contributed by atoms with Gasteiger partial charge in [-0.05, 0) is 17.7 Å². The van der Waals surface area contributed by atoms with E-state index < -0.39 is 5.97 Å². The van der Waals surface area contributed by atoms with E-state index in [-0.39, 0.29) is 12.5 Å². The number of carboxylic acids is 1. The Morgan fingerprint density at radius 3 is 2.56 bits per heavy atom. The third kappa shape index (κ3) is 2.13. The Bertz CT molecular complexity index is 414. The molecule has 1 heterocycles. The summed E-state index contributed by atoms with van der Waals surface area (Å²) in [5.74, 6) is -0.855. The van der Waals surface area contributed by atoms with Crippen molar-refractivity contribution in [2.45, 2.75) is 6.42 Å². The van der Waals surface area contributed by atoms with Crippen molar-refractivity contribution < 1.29 is 14.7 Å². The zero-order valence-electron chi connectivity index (χ0n) is 8.64. The second-order valence-corrected chi connectivity index (χ2v) is 3.62. The van der Waals surface area contributed by atoms with Gasteiger partial charge in [-0.1, -0.05) is 12.1 Å². The number of nitrogens with zero attached hydrogens (tertiary/aromatic N) is 1. The van der Waals surface area contributed by atoms with Crippen LogP contribution < -0.4 is 10.2 Å². The van der Waals surface area contributed by atoms with Crippen LogP contribution in [0, 0.1) is 0 Å². The SMILES string of the molecule is O=C(O)Cc1ccc(N2CCNC2=O)cc1. The van der Waals surface area contributed by atoms with E-state index in [1.807, 2.05) is 0 Å². The van der Waals surface area contributed by atoms with Crippen LogP contribution in [-0.2, 0) is 11.2 Å². The number of nitrogens with one attached hydrogen (secondary N) is 1. The molecule has 2 N–H and O–H groups in total. The highest BCUT2D eigenvalue weighted by Gasteiger charge is 2.20. The average Bonchev–Trinajstić information content (AvgIpc) is 2.65. The number of amides is 2. The van der Waals surface area contributed by atoms with Gasteiger partial charge in [-0.25, -0.2) is 4.79 Å². The van der Waals surface area contributed by atoms with Gasteiger partial charge < -0.3 is 10.4 Å². The number of hydrogen-bond acceptors (Lipinski definition) is 2. The van der Waals surface area contributed by atoms with Crippen molar-refractivity contribution in [3.8, 4) is 0 Å². The van der Waals surface area contributed by atoms with Crippen molar-refractivity contribution in [2.24, 2.45) is 0 Å². The second-order valence-electron chi connectivity index (χ2n) is 3.62. The van der Waals surface area contributed by atoms with Crippen LogP contribution >= 0.6 is 0 Å². The summed E-state index contributed by atoms with van der Waals surface area (Å²) in [7, 11) is 0. The van der Waals surface area contributed by atoms with Crippen molar-refractivity contribution in [1.82, 2.24) is 5.32 Å². The molecule has 1 aromatic carbocycles. The fraction of sp³-hybridized carbons (Fsp3) is 0.273.